The second kappa shape index (κ2) is 5.31. The molecule has 7 heteroatoms. The van der Waals surface area contributed by atoms with Crippen molar-refractivity contribution in [3.05, 3.63) is 36.0 Å². The van der Waals surface area contributed by atoms with Gasteiger partial charge in [0.15, 0.2) is 0 Å². The summed E-state index contributed by atoms with van der Waals surface area (Å²) in [6.45, 7) is 2.20. The quantitative estimate of drug-likeness (QED) is 0.763. The smallest absolute Gasteiger partial charge is 0.227 e. The predicted octanol–water partition coefficient (Wildman–Crippen LogP) is 1.01. The van der Waals surface area contributed by atoms with E-state index in [4.69, 9.17) is 0 Å². The third kappa shape index (κ3) is 2.87. The zero-order valence-electron chi connectivity index (χ0n) is 10.4. The first-order chi connectivity index (χ1) is 9.04. The molecular weight excluding hydrogens is 266 g/mol. The summed E-state index contributed by atoms with van der Waals surface area (Å²) in [7, 11) is -3.64. The largest absolute Gasteiger partial charge is 0.303 e. The maximum Gasteiger partial charge on any atom is 0.227 e. The van der Waals surface area contributed by atoms with Crippen LogP contribution in [0.4, 0.5) is 0 Å². The lowest BCUT2D eigenvalue weighted by molar-refractivity contribution is -0.108. The predicted molar refractivity (Wildman–Crippen MR) is 67.3 cm³/mol. The first kappa shape index (κ1) is 13.4. The van der Waals surface area contributed by atoms with Crippen LogP contribution in [0.2, 0.25) is 0 Å². The van der Waals surface area contributed by atoms with Crippen LogP contribution in [0.25, 0.3) is 0 Å². The molecule has 1 heterocycles. The van der Waals surface area contributed by atoms with E-state index < -0.39 is 9.84 Å². The molecule has 100 valence electrons. The van der Waals surface area contributed by atoms with Gasteiger partial charge in [0.25, 0.3) is 0 Å². The van der Waals surface area contributed by atoms with E-state index >= 15 is 0 Å². The van der Waals surface area contributed by atoms with Crippen LogP contribution in [0.15, 0.2) is 40.4 Å². The first-order valence-corrected chi connectivity index (χ1v) is 7.18. The van der Waals surface area contributed by atoms with E-state index in [2.05, 4.69) is 10.3 Å². The summed E-state index contributed by atoms with van der Waals surface area (Å²) in [5, 5.41) is 7.23. The number of carbonyl (C=O) groups excluding carboxylic acids is 1. The molecule has 0 aliphatic carbocycles. The van der Waals surface area contributed by atoms with Crippen LogP contribution in [0.3, 0.4) is 0 Å². The minimum absolute atomic E-state index is 0.109. The Morgan fingerprint density at radius 3 is 2.58 bits per heavy atom. The molecule has 0 saturated carbocycles. The van der Waals surface area contributed by atoms with Crippen LogP contribution in [0, 0.1) is 6.92 Å². The van der Waals surface area contributed by atoms with Crippen molar-refractivity contribution in [2.75, 3.05) is 0 Å². The number of carbonyl (C=O) groups is 1. The van der Waals surface area contributed by atoms with Crippen LogP contribution >= 0.6 is 0 Å². The van der Waals surface area contributed by atoms with E-state index in [0.29, 0.717) is 6.54 Å². The summed E-state index contributed by atoms with van der Waals surface area (Å²) in [4.78, 5) is 10.4. The maximum atomic E-state index is 12.2. The molecular formula is C12H13N3O3S. The average molecular weight is 279 g/mol. The zero-order valence-corrected chi connectivity index (χ0v) is 11.2. The van der Waals surface area contributed by atoms with Crippen LogP contribution in [-0.2, 0) is 21.2 Å². The number of hydrogen-bond donors (Lipinski definition) is 0. The minimum atomic E-state index is -3.64. The summed E-state index contributed by atoms with van der Waals surface area (Å²) in [6, 6.07) is 6.53. The van der Waals surface area contributed by atoms with Crippen LogP contribution in [0.1, 0.15) is 12.0 Å². The molecule has 0 saturated heterocycles. The fourth-order valence-electron chi connectivity index (χ4n) is 1.54. The Bertz CT molecular complexity index is 675. The molecule has 2 aromatic rings. The van der Waals surface area contributed by atoms with Gasteiger partial charge in [-0.25, -0.2) is 8.42 Å². The Hall–Kier alpha value is -2.02. The second-order valence-electron chi connectivity index (χ2n) is 4.09. The van der Waals surface area contributed by atoms with E-state index in [1.54, 1.807) is 12.1 Å². The van der Waals surface area contributed by atoms with E-state index in [1.807, 2.05) is 6.92 Å². The van der Waals surface area contributed by atoms with Gasteiger partial charge in [-0.05, 0) is 19.1 Å². The zero-order chi connectivity index (χ0) is 13.9. The second-order valence-corrected chi connectivity index (χ2v) is 5.99. The summed E-state index contributed by atoms with van der Waals surface area (Å²) in [6.07, 6.45) is 2.35. The van der Waals surface area contributed by atoms with Crippen LogP contribution < -0.4 is 0 Å². The lowest BCUT2D eigenvalue weighted by Gasteiger charge is -2.00. The minimum Gasteiger partial charge on any atom is -0.303 e. The van der Waals surface area contributed by atoms with Gasteiger partial charge in [0.05, 0.1) is 11.1 Å². The highest BCUT2D eigenvalue weighted by molar-refractivity contribution is 7.91. The number of nitrogens with zero attached hydrogens (tertiary/aromatic N) is 3. The topological polar surface area (TPSA) is 81.9 Å². The van der Waals surface area contributed by atoms with Gasteiger partial charge in [0, 0.05) is 13.0 Å². The lowest BCUT2D eigenvalue weighted by Crippen LogP contribution is -2.02. The molecule has 6 nitrogen and oxygen atoms in total. The monoisotopic (exact) mass is 279 g/mol. The van der Waals surface area contributed by atoms with Gasteiger partial charge in [-0.1, -0.05) is 22.9 Å². The summed E-state index contributed by atoms with van der Waals surface area (Å²) in [5.74, 6) is 0. The van der Waals surface area contributed by atoms with Crippen molar-refractivity contribution < 1.29 is 13.2 Å². The van der Waals surface area contributed by atoms with E-state index in [1.165, 1.54) is 23.0 Å². The van der Waals surface area contributed by atoms with Crippen molar-refractivity contribution in [1.82, 2.24) is 15.0 Å². The number of rotatable bonds is 5. The van der Waals surface area contributed by atoms with Crippen molar-refractivity contribution >= 4 is 16.1 Å². The molecule has 0 aliphatic heterocycles. The highest BCUT2D eigenvalue weighted by Gasteiger charge is 2.21. The average Bonchev–Trinajstić information content (AvgIpc) is 2.86. The van der Waals surface area contributed by atoms with Crippen LogP contribution in [0.5, 0.6) is 0 Å². The van der Waals surface area contributed by atoms with Crippen molar-refractivity contribution in [3.8, 4) is 0 Å². The molecule has 0 aliphatic rings. The normalized spacial score (nSPS) is 11.4. The lowest BCUT2D eigenvalue weighted by atomic mass is 10.2. The molecule has 0 amide bonds. The number of sulfone groups is 1. The number of aldehydes is 1. The molecule has 19 heavy (non-hydrogen) atoms. The molecule has 2 rings (SSSR count). The van der Waals surface area contributed by atoms with Gasteiger partial charge in [0.1, 0.15) is 6.29 Å². The number of aryl methyl sites for hydroxylation is 2. The van der Waals surface area contributed by atoms with Crippen molar-refractivity contribution in [1.29, 1.82) is 0 Å². The van der Waals surface area contributed by atoms with E-state index in [0.717, 1.165) is 11.8 Å². The first-order valence-electron chi connectivity index (χ1n) is 5.69. The highest BCUT2D eigenvalue weighted by atomic mass is 32.2. The Morgan fingerprint density at radius 2 is 1.95 bits per heavy atom. The third-order valence-corrected chi connectivity index (χ3v) is 4.23. The Balaban J connectivity index is 2.31. The molecule has 0 N–H and O–H groups in total. The van der Waals surface area contributed by atoms with Gasteiger partial charge >= 0.3 is 0 Å². The third-order valence-electron chi connectivity index (χ3n) is 2.60. The molecule has 0 bridgehead atoms. The van der Waals surface area contributed by atoms with Gasteiger partial charge in [0.2, 0.25) is 14.9 Å². The van der Waals surface area contributed by atoms with Gasteiger partial charge in [-0.2, -0.15) is 0 Å². The van der Waals surface area contributed by atoms with Crippen LogP contribution in [-0.4, -0.2) is 29.7 Å². The number of aromatic nitrogens is 3. The summed E-state index contributed by atoms with van der Waals surface area (Å²) >= 11 is 0. The Morgan fingerprint density at radius 1 is 1.26 bits per heavy atom. The molecule has 0 atom stereocenters. The Kier molecular flexibility index (Phi) is 3.75. The van der Waals surface area contributed by atoms with Crippen molar-refractivity contribution in [3.63, 3.8) is 0 Å². The van der Waals surface area contributed by atoms with Gasteiger partial charge in [-0.15, -0.1) is 5.10 Å². The SMILES string of the molecule is Cc1ccc(S(=O)(=O)c2cn(CCC=O)nn2)cc1. The van der Waals surface area contributed by atoms with E-state index in [9.17, 15) is 13.2 Å². The van der Waals surface area contributed by atoms with Crippen molar-refractivity contribution in [2.45, 2.75) is 29.8 Å². The molecule has 0 unspecified atom stereocenters. The molecule has 0 radical (unpaired) electrons. The maximum absolute atomic E-state index is 12.2. The van der Waals surface area contributed by atoms with Gasteiger partial charge < -0.3 is 4.79 Å². The fourth-order valence-corrected chi connectivity index (χ4v) is 2.68. The standard InChI is InChI=1S/C12H13N3O3S/c1-10-3-5-11(6-4-10)19(17,18)12-9-15(14-13-12)7-2-8-16/h3-6,8-9H,2,7H2,1H3. The number of hydrogen-bond acceptors (Lipinski definition) is 5. The summed E-state index contributed by atoms with van der Waals surface area (Å²) in [5.41, 5.74) is 0.980. The molecule has 0 spiro atoms. The number of benzene rings is 1. The van der Waals surface area contributed by atoms with Gasteiger partial charge in [-0.3, -0.25) is 4.68 Å². The van der Waals surface area contributed by atoms with E-state index in [-0.39, 0.29) is 16.3 Å². The molecule has 0 fully saturated rings. The fraction of sp³-hybridized carbons (Fsp3) is 0.250. The molecule has 1 aromatic heterocycles. The summed E-state index contributed by atoms with van der Waals surface area (Å²) < 4.78 is 25.8. The molecule has 1 aromatic carbocycles. The Labute approximate surface area is 111 Å². The van der Waals surface area contributed by atoms with Crippen molar-refractivity contribution in [2.24, 2.45) is 0 Å². The highest BCUT2D eigenvalue weighted by Crippen LogP contribution is 2.18.